The Kier molecular flexibility index (Phi) is 46.5. The first-order valence-electron chi connectivity index (χ1n) is 25.7. The third kappa shape index (κ3) is 41.4. The fourth-order valence-corrected chi connectivity index (χ4v) is 7.58. The summed E-state index contributed by atoms with van der Waals surface area (Å²) in [5.41, 5.74) is 0. The lowest BCUT2D eigenvalue weighted by molar-refractivity contribution is -0.132. The minimum atomic E-state index is -1.30. The van der Waals surface area contributed by atoms with E-state index in [9.17, 15) is 25.2 Å². The van der Waals surface area contributed by atoms with Gasteiger partial charge in [0.05, 0.1) is 18.8 Å². The number of allylic oxidation sites excluding steroid dienone is 10. The van der Waals surface area contributed by atoms with E-state index in [0.717, 1.165) is 57.8 Å². The number of rotatable bonds is 46. The zero-order valence-electron chi connectivity index (χ0n) is 39.4. The highest BCUT2D eigenvalue weighted by Gasteiger charge is 2.28. The van der Waals surface area contributed by atoms with Crippen molar-refractivity contribution in [2.75, 3.05) is 6.61 Å². The SMILES string of the molecule is CCCCC/C=C/CC/C=C/CC/C=C/CCCC(O)C(O)C(CO)NC(=O)C(O)CCCCCCCCCCCCCC/C=C\C/C=C\CCCCCCCCCCC. The second-order valence-electron chi connectivity index (χ2n) is 17.5. The summed E-state index contributed by atoms with van der Waals surface area (Å²) >= 11 is 0. The van der Waals surface area contributed by atoms with Crippen LogP contribution in [0.15, 0.2) is 60.8 Å². The molecule has 0 rings (SSSR count). The van der Waals surface area contributed by atoms with Crippen molar-refractivity contribution in [1.29, 1.82) is 0 Å². The summed E-state index contributed by atoms with van der Waals surface area (Å²) in [5, 5.41) is 43.8. The molecule has 0 heterocycles. The minimum absolute atomic E-state index is 0.355. The molecule has 1 amide bonds. The predicted octanol–water partition coefficient (Wildman–Crippen LogP) is 14.4. The van der Waals surface area contributed by atoms with Crippen molar-refractivity contribution in [3.8, 4) is 0 Å². The lowest BCUT2D eigenvalue weighted by Gasteiger charge is -2.27. The summed E-state index contributed by atoms with van der Waals surface area (Å²) in [6.45, 7) is 4.01. The molecule has 0 aromatic heterocycles. The number of amides is 1. The van der Waals surface area contributed by atoms with Gasteiger partial charge in [-0.1, -0.05) is 209 Å². The standard InChI is InChI=1S/C54H99NO5/c1-3-5-7-9-11-13-15-17-19-21-22-23-24-25-26-27-28-29-30-31-32-34-36-38-40-42-44-46-48-52(58)54(60)55-50(49-56)53(59)51(57)47-45-43-41-39-37-35-33-20-18-16-14-12-10-8-6-4-2/h12,14,20,22-23,25-26,33,39,41,50-53,56-59H,3-11,13,15-19,21,24,27-32,34-38,40,42-49H2,1-2H3,(H,55,60)/b14-12+,23-22-,26-25-,33-20+,41-39+. The van der Waals surface area contributed by atoms with Crippen molar-refractivity contribution >= 4 is 5.91 Å². The monoisotopic (exact) mass is 842 g/mol. The number of nitrogens with one attached hydrogen (secondary N) is 1. The molecule has 0 aromatic carbocycles. The van der Waals surface area contributed by atoms with Gasteiger partial charge >= 0.3 is 0 Å². The third-order valence-electron chi connectivity index (χ3n) is 11.7. The molecule has 0 bridgehead atoms. The number of hydrogen-bond acceptors (Lipinski definition) is 5. The molecule has 60 heavy (non-hydrogen) atoms. The summed E-state index contributed by atoms with van der Waals surface area (Å²) in [5.74, 6) is -0.602. The molecule has 5 N–H and O–H groups in total. The van der Waals surface area contributed by atoms with Gasteiger partial charge in [0.1, 0.15) is 12.2 Å². The van der Waals surface area contributed by atoms with Gasteiger partial charge in [0.15, 0.2) is 0 Å². The summed E-state index contributed by atoms with van der Waals surface area (Å²) in [6, 6.07) is -1.01. The maximum atomic E-state index is 12.6. The number of aliphatic hydroxyl groups is 4. The third-order valence-corrected chi connectivity index (χ3v) is 11.7. The van der Waals surface area contributed by atoms with Crippen LogP contribution in [0.25, 0.3) is 0 Å². The Bertz CT molecular complexity index is 1040. The first-order chi connectivity index (χ1) is 29.5. The highest BCUT2D eigenvalue weighted by atomic mass is 16.3. The fraction of sp³-hybridized carbons (Fsp3) is 0.796. The molecule has 350 valence electrons. The predicted molar refractivity (Wildman–Crippen MR) is 260 cm³/mol. The van der Waals surface area contributed by atoms with Crippen LogP contribution in [0.2, 0.25) is 0 Å². The van der Waals surface area contributed by atoms with Crippen LogP contribution < -0.4 is 5.32 Å². The number of carbonyl (C=O) groups is 1. The number of aliphatic hydroxyl groups excluding tert-OH is 4. The molecule has 0 radical (unpaired) electrons. The van der Waals surface area contributed by atoms with Gasteiger partial charge in [-0.3, -0.25) is 4.79 Å². The van der Waals surface area contributed by atoms with Gasteiger partial charge in [-0.05, 0) is 96.3 Å². The van der Waals surface area contributed by atoms with Gasteiger partial charge in [-0.15, -0.1) is 0 Å². The molecule has 4 atom stereocenters. The number of unbranched alkanes of at least 4 members (excludes halogenated alkanes) is 27. The van der Waals surface area contributed by atoms with E-state index < -0.39 is 36.9 Å². The molecule has 0 aliphatic carbocycles. The van der Waals surface area contributed by atoms with Crippen molar-refractivity contribution in [3.05, 3.63) is 60.8 Å². The molecule has 0 saturated heterocycles. The molecule has 0 spiro atoms. The average Bonchev–Trinajstić information content (AvgIpc) is 3.25. The Hall–Kier alpha value is -1.99. The van der Waals surface area contributed by atoms with E-state index in [-0.39, 0.29) is 0 Å². The van der Waals surface area contributed by atoms with Gasteiger partial charge in [0, 0.05) is 0 Å². The summed E-state index contributed by atoms with van der Waals surface area (Å²) in [4.78, 5) is 12.6. The van der Waals surface area contributed by atoms with Gasteiger partial charge in [-0.2, -0.15) is 0 Å². The van der Waals surface area contributed by atoms with E-state index in [1.54, 1.807) is 0 Å². The fourth-order valence-electron chi connectivity index (χ4n) is 7.58. The minimum Gasteiger partial charge on any atom is -0.394 e. The van der Waals surface area contributed by atoms with Crippen molar-refractivity contribution in [1.82, 2.24) is 5.32 Å². The molecular weight excluding hydrogens is 743 g/mol. The topological polar surface area (TPSA) is 110 Å². The van der Waals surface area contributed by atoms with Crippen molar-refractivity contribution in [2.24, 2.45) is 0 Å². The molecule has 0 fully saturated rings. The molecule has 6 nitrogen and oxygen atoms in total. The molecule has 0 aliphatic heterocycles. The van der Waals surface area contributed by atoms with Crippen LogP contribution in [0.3, 0.4) is 0 Å². The lowest BCUT2D eigenvalue weighted by Crippen LogP contribution is -2.53. The molecule has 0 saturated carbocycles. The Balaban J connectivity index is 3.71. The van der Waals surface area contributed by atoms with Crippen molar-refractivity contribution < 1.29 is 25.2 Å². The summed E-state index contributed by atoms with van der Waals surface area (Å²) < 4.78 is 0. The molecule has 4 unspecified atom stereocenters. The van der Waals surface area contributed by atoms with E-state index in [4.69, 9.17) is 0 Å². The Morgan fingerprint density at radius 3 is 1.18 bits per heavy atom. The molecule has 0 aliphatic rings. The summed E-state index contributed by atoms with van der Waals surface area (Å²) in [7, 11) is 0. The highest BCUT2D eigenvalue weighted by molar-refractivity contribution is 5.80. The number of carbonyl (C=O) groups excluding carboxylic acids is 1. The van der Waals surface area contributed by atoms with E-state index in [1.807, 2.05) is 0 Å². The summed E-state index contributed by atoms with van der Waals surface area (Å²) in [6.07, 6.45) is 61.3. The first-order valence-corrected chi connectivity index (χ1v) is 25.7. The molecular formula is C54H99NO5. The van der Waals surface area contributed by atoms with Crippen LogP contribution in [-0.2, 0) is 4.79 Å². The maximum Gasteiger partial charge on any atom is 0.249 e. The van der Waals surface area contributed by atoms with Gasteiger partial charge in [0.25, 0.3) is 0 Å². The van der Waals surface area contributed by atoms with Crippen LogP contribution in [-0.4, -0.2) is 57.3 Å². The first kappa shape index (κ1) is 58.0. The van der Waals surface area contributed by atoms with E-state index >= 15 is 0 Å². The van der Waals surface area contributed by atoms with Crippen LogP contribution in [0.1, 0.15) is 245 Å². The van der Waals surface area contributed by atoms with Crippen LogP contribution >= 0.6 is 0 Å². The van der Waals surface area contributed by atoms with Crippen molar-refractivity contribution in [3.63, 3.8) is 0 Å². The molecule has 6 heteroatoms. The smallest absolute Gasteiger partial charge is 0.249 e. The average molecular weight is 842 g/mol. The van der Waals surface area contributed by atoms with E-state index in [1.165, 1.54) is 154 Å². The van der Waals surface area contributed by atoms with Crippen molar-refractivity contribution in [2.45, 2.75) is 269 Å². The van der Waals surface area contributed by atoms with Gasteiger partial charge < -0.3 is 25.7 Å². The highest BCUT2D eigenvalue weighted by Crippen LogP contribution is 2.15. The normalized spacial score (nSPS) is 14.4. The Labute approximate surface area is 372 Å². The van der Waals surface area contributed by atoms with Crippen LogP contribution in [0.4, 0.5) is 0 Å². The zero-order valence-corrected chi connectivity index (χ0v) is 39.4. The maximum absolute atomic E-state index is 12.6. The largest absolute Gasteiger partial charge is 0.394 e. The van der Waals surface area contributed by atoms with Gasteiger partial charge in [0.2, 0.25) is 5.91 Å². The molecule has 0 aromatic rings. The van der Waals surface area contributed by atoms with Crippen LogP contribution in [0, 0.1) is 0 Å². The van der Waals surface area contributed by atoms with E-state index in [0.29, 0.717) is 19.3 Å². The quantitative estimate of drug-likeness (QED) is 0.0310. The van der Waals surface area contributed by atoms with Crippen LogP contribution in [0.5, 0.6) is 0 Å². The second-order valence-corrected chi connectivity index (χ2v) is 17.5. The Morgan fingerprint density at radius 2 is 0.750 bits per heavy atom. The zero-order chi connectivity index (χ0) is 43.8. The van der Waals surface area contributed by atoms with E-state index in [2.05, 4.69) is 79.9 Å². The van der Waals surface area contributed by atoms with Gasteiger partial charge in [-0.25, -0.2) is 0 Å². The number of hydrogen-bond donors (Lipinski definition) is 5. The Morgan fingerprint density at radius 1 is 0.417 bits per heavy atom. The second kappa shape index (κ2) is 48.0. The lowest BCUT2D eigenvalue weighted by atomic mass is 10.00.